The highest BCUT2D eigenvalue weighted by molar-refractivity contribution is 8.14. The van der Waals surface area contributed by atoms with Gasteiger partial charge in [-0.1, -0.05) is 108 Å². The topological polar surface area (TPSA) is 158 Å². The zero-order valence-electron chi connectivity index (χ0n) is 32.0. The first-order valence-corrected chi connectivity index (χ1v) is 21.1. The highest BCUT2D eigenvalue weighted by atomic mass is 32.2. The molecule has 50 heavy (non-hydrogen) atoms. The van der Waals surface area contributed by atoms with Crippen LogP contribution < -0.4 is 0 Å². The lowest BCUT2D eigenvalue weighted by Gasteiger charge is -2.23. The molecule has 16 heteroatoms. The van der Waals surface area contributed by atoms with E-state index in [1.165, 1.54) is 23.5 Å². The number of hydrogen-bond donors (Lipinski definition) is 0. The summed E-state index contributed by atoms with van der Waals surface area (Å²) in [6.45, 7) is 27.6. The van der Waals surface area contributed by atoms with Gasteiger partial charge in [0.15, 0.2) is 10.2 Å². The molecule has 0 bridgehead atoms. The van der Waals surface area contributed by atoms with E-state index in [9.17, 15) is 28.3 Å². The highest BCUT2D eigenvalue weighted by Crippen LogP contribution is 2.53. The van der Waals surface area contributed by atoms with Gasteiger partial charge in [0, 0.05) is 22.3 Å². The standard InChI is InChI=1S/C17H33O5PS2.C15H29O7P.2CH4/c1-13(2)23(20,21-9-11-24-14(18)16(3,4)5)22-10-12-25-15(19)17(6,7)8;1-11(2)23(18,21-9-19-12(16)14(3,4)5)22-10-20-13(17)15(6,7)8;;/h13H,9-12H2,1-8H3;11H,9-10H2,1-8H3;2*1H4. The fraction of sp³-hybridized carbons (Fsp3) is 0.882. The molecular formula is C34H70O12P2S2. The fourth-order valence-corrected chi connectivity index (χ4v) is 6.69. The maximum Gasteiger partial charge on any atom is 0.338 e. The van der Waals surface area contributed by atoms with E-state index in [2.05, 4.69) is 0 Å². The SMILES string of the molecule is C.C.CC(C)P(=O)(OCCSC(=O)C(C)(C)C)OCCSC(=O)C(C)(C)C.CC(C)P(=O)(OCOC(=O)C(C)(C)C)OCOC(=O)C(C)(C)C. The Hall–Kier alpha value is -0.720. The predicted octanol–water partition coefficient (Wildman–Crippen LogP) is 10.2. The van der Waals surface area contributed by atoms with Crippen LogP contribution in [0.4, 0.5) is 0 Å². The monoisotopic (exact) mass is 796 g/mol. The first-order chi connectivity index (χ1) is 21.4. The number of esters is 2. The minimum Gasteiger partial charge on any atom is -0.438 e. The summed E-state index contributed by atoms with van der Waals surface area (Å²) in [4.78, 5) is 47.0. The van der Waals surface area contributed by atoms with Gasteiger partial charge in [-0.2, -0.15) is 0 Å². The molecule has 0 saturated carbocycles. The van der Waals surface area contributed by atoms with Crippen molar-refractivity contribution in [1.29, 1.82) is 0 Å². The molecule has 0 N–H and O–H groups in total. The molecule has 0 saturated heterocycles. The Morgan fingerprint density at radius 2 is 0.760 bits per heavy atom. The van der Waals surface area contributed by atoms with E-state index in [1.807, 2.05) is 41.5 Å². The summed E-state index contributed by atoms with van der Waals surface area (Å²) in [6.07, 6.45) is 0. The Balaban J connectivity index is -0.000000408. The van der Waals surface area contributed by atoms with Crippen LogP contribution in [0.5, 0.6) is 0 Å². The van der Waals surface area contributed by atoms with Crippen molar-refractivity contribution in [2.45, 2.75) is 137 Å². The molecule has 0 amide bonds. The third-order valence-corrected chi connectivity index (χ3v) is 12.8. The van der Waals surface area contributed by atoms with Gasteiger partial charge in [0.25, 0.3) is 0 Å². The molecule has 0 radical (unpaired) electrons. The van der Waals surface area contributed by atoms with Crippen LogP contribution in [0.2, 0.25) is 0 Å². The summed E-state index contributed by atoms with van der Waals surface area (Å²) in [6, 6.07) is 0. The lowest BCUT2D eigenvalue weighted by molar-refractivity contribution is -0.162. The second-order valence-electron chi connectivity index (χ2n) is 15.6. The van der Waals surface area contributed by atoms with Crippen molar-refractivity contribution in [3.63, 3.8) is 0 Å². The summed E-state index contributed by atoms with van der Waals surface area (Å²) >= 11 is 2.36. The van der Waals surface area contributed by atoms with E-state index in [4.69, 9.17) is 27.6 Å². The zero-order chi connectivity index (χ0) is 38.4. The van der Waals surface area contributed by atoms with Crippen molar-refractivity contribution in [2.24, 2.45) is 21.7 Å². The lowest BCUT2D eigenvalue weighted by atomic mass is 9.98. The van der Waals surface area contributed by atoms with Crippen LogP contribution in [-0.4, -0.2) is 71.8 Å². The minimum absolute atomic E-state index is 0. The molecule has 0 atom stereocenters. The quantitative estimate of drug-likeness (QED) is 0.0628. The van der Waals surface area contributed by atoms with Gasteiger partial charge < -0.3 is 18.5 Å². The van der Waals surface area contributed by atoms with Crippen molar-refractivity contribution in [1.82, 2.24) is 0 Å². The van der Waals surface area contributed by atoms with Gasteiger partial charge in [-0.15, -0.1) is 0 Å². The predicted molar refractivity (Wildman–Crippen MR) is 208 cm³/mol. The number of rotatable bonds is 16. The van der Waals surface area contributed by atoms with Gasteiger partial charge in [0.2, 0.25) is 13.6 Å². The molecule has 0 aliphatic carbocycles. The number of hydrogen-bond acceptors (Lipinski definition) is 14. The number of ether oxygens (including phenoxy) is 2. The summed E-state index contributed by atoms with van der Waals surface area (Å²) in [7, 11) is -6.80. The number of carbonyl (C=O) groups excluding carboxylic acids is 4. The summed E-state index contributed by atoms with van der Waals surface area (Å²) in [5.41, 5.74) is -2.94. The average Bonchev–Trinajstić information content (AvgIpc) is 2.91. The van der Waals surface area contributed by atoms with Crippen LogP contribution in [-0.2, 0) is 55.9 Å². The second-order valence-corrected chi connectivity index (χ2v) is 23.0. The first-order valence-electron chi connectivity index (χ1n) is 15.9. The molecule has 0 rings (SSSR count). The van der Waals surface area contributed by atoms with Crippen molar-refractivity contribution in [3.8, 4) is 0 Å². The average molecular weight is 797 g/mol. The molecule has 0 fully saturated rings. The number of thioether (sulfide) groups is 2. The van der Waals surface area contributed by atoms with Crippen LogP contribution in [0, 0.1) is 21.7 Å². The smallest absolute Gasteiger partial charge is 0.338 e. The van der Waals surface area contributed by atoms with Crippen molar-refractivity contribution < 1.29 is 55.9 Å². The maximum atomic E-state index is 12.8. The van der Waals surface area contributed by atoms with Gasteiger partial charge in [0.05, 0.1) is 35.4 Å². The zero-order valence-corrected chi connectivity index (χ0v) is 35.4. The highest BCUT2D eigenvalue weighted by Gasteiger charge is 2.33. The molecule has 0 heterocycles. The van der Waals surface area contributed by atoms with E-state index >= 15 is 0 Å². The summed E-state index contributed by atoms with van der Waals surface area (Å²) < 4.78 is 56.4. The third-order valence-electron chi connectivity index (χ3n) is 5.74. The Bertz CT molecular complexity index is 1060. The van der Waals surface area contributed by atoms with Crippen molar-refractivity contribution in [2.75, 3.05) is 38.3 Å². The Kier molecular flexibility index (Phi) is 26.7. The molecule has 0 aromatic rings. The van der Waals surface area contributed by atoms with E-state index in [0.29, 0.717) is 11.5 Å². The fourth-order valence-electron chi connectivity index (χ4n) is 2.44. The number of carbonyl (C=O) groups is 4. The van der Waals surface area contributed by atoms with Crippen molar-refractivity contribution in [3.05, 3.63) is 0 Å². The van der Waals surface area contributed by atoms with Crippen LogP contribution in [0.3, 0.4) is 0 Å². The normalized spacial score (nSPS) is 12.7. The Labute approximate surface area is 312 Å². The molecule has 0 aliphatic rings. The molecule has 0 spiro atoms. The van der Waals surface area contributed by atoms with Gasteiger partial charge in [-0.3, -0.25) is 37.4 Å². The molecule has 0 aromatic carbocycles. The molecular weight excluding hydrogens is 726 g/mol. The van der Waals surface area contributed by atoms with Crippen molar-refractivity contribution >= 4 is 60.9 Å². The third kappa shape index (κ3) is 23.8. The minimum atomic E-state index is -3.56. The summed E-state index contributed by atoms with van der Waals surface area (Å²) in [5.74, 6) is -0.0835. The molecule has 0 aliphatic heterocycles. The van der Waals surface area contributed by atoms with E-state index < -0.39 is 68.0 Å². The van der Waals surface area contributed by atoms with Gasteiger partial charge in [-0.05, 0) is 41.5 Å². The molecule has 0 unspecified atom stereocenters. The van der Waals surface area contributed by atoms with Crippen LogP contribution in [0.15, 0.2) is 0 Å². The van der Waals surface area contributed by atoms with E-state index in [1.54, 1.807) is 69.2 Å². The van der Waals surface area contributed by atoms with Crippen LogP contribution >= 0.6 is 38.7 Å². The van der Waals surface area contributed by atoms with Crippen LogP contribution in [0.25, 0.3) is 0 Å². The largest absolute Gasteiger partial charge is 0.438 e. The molecule has 300 valence electrons. The second kappa shape index (κ2) is 23.8. The van der Waals surface area contributed by atoms with Gasteiger partial charge in [0.1, 0.15) is 0 Å². The van der Waals surface area contributed by atoms with Crippen LogP contribution in [0.1, 0.15) is 126 Å². The van der Waals surface area contributed by atoms with Gasteiger partial charge in [-0.25, -0.2) is 0 Å². The summed E-state index contributed by atoms with van der Waals surface area (Å²) in [5, 5.41) is 0.155. The molecule has 12 nitrogen and oxygen atoms in total. The van der Waals surface area contributed by atoms with Gasteiger partial charge >= 0.3 is 27.1 Å². The Morgan fingerprint density at radius 1 is 0.500 bits per heavy atom. The Morgan fingerprint density at radius 3 is 0.980 bits per heavy atom. The van der Waals surface area contributed by atoms with E-state index in [0.717, 1.165) is 0 Å². The first kappa shape index (κ1) is 56.0. The molecule has 0 aromatic heterocycles. The maximum absolute atomic E-state index is 12.8. The lowest BCUT2D eigenvalue weighted by Crippen LogP contribution is -2.25. The van der Waals surface area contributed by atoms with E-state index in [-0.39, 0.29) is 44.0 Å².